The summed E-state index contributed by atoms with van der Waals surface area (Å²) in [5.41, 5.74) is 0. The summed E-state index contributed by atoms with van der Waals surface area (Å²) < 4.78 is 28.6. The van der Waals surface area contributed by atoms with Crippen LogP contribution < -0.4 is 10.1 Å². The minimum atomic E-state index is -0.979. The van der Waals surface area contributed by atoms with Gasteiger partial charge >= 0.3 is 5.97 Å². The number of carbonyl (C=O) groups is 2. The summed E-state index contributed by atoms with van der Waals surface area (Å²) in [7, 11) is 0. The average Bonchev–Trinajstić information content (AvgIpc) is 3.05. The molecule has 0 spiro atoms. The third-order valence-electron chi connectivity index (χ3n) is 2.93. The zero-order valence-corrected chi connectivity index (χ0v) is 14.3. The molecule has 0 aliphatic rings. The smallest absolute Gasteiger partial charge is 0.344 e. The lowest BCUT2D eigenvalue weighted by Gasteiger charge is -2.13. The van der Waals surface area contributed by atoms with E-state index in [1.165, 1.54) is 31.4 Å². The Morgan fingerprint density at radius 3 is 2.83 bits per heavy atom. The lowest BCUT2D eigenvalue weighted by atomic mass is 10.3. The SMILES string of the molecule is C[C@@H](OC(=O)COc1ccc(F)cc1Br)C(=O)NCc1ccco1. The van der Waals surface area contributed by atoms with E-state index >= 15 is 0 Å². The summed E-state index contributed by atoms with van der Waals surface area (Å²) in [5, 5.41) is 2.58. The van der Waals surface area contributed by atoms with E-state index in [-0.39, 0.29) is 6.54 Å². The first-order valence-corrected chi connectivity index (χ1v) is 7.82. The number of amides is 1. The van der Waals surface area contributed by atoms with Crippen molar-refractivity contribution >= 4 is 27.8 Å². The maximum atomic E-state index is 13.0. The molecule has 6 nitrogen and oxygen atoms in total. The van der Waals surface area contributed by atoms with Gasteiger partial charge in [0.2, 0.25) is 0 Å². The van der Waals surface area contributed by atoms with Gasteiger partial charge in [0, 0.05) is 0 Å². The Morgan fingerprint density at radius 1 is 1.38 bits per heavy atom. The van der Waals surface area contributed by atoms with E-state index < -0.39 is 30.4 Å². The van der Waals surface area contributed by atoms with Crippen LogP contribution in [0.2, 0.25) is 0 Å². The molecule has 1 aromatic heterocycles. The molecule has 128 valence electrons. The molecule has 0 radical (unpaired) electrons. The van der Waals surface area contributed by atoms with Crippen molar-refractivity contribution in [1.29, 1.82) is 0 Å². The van der Waals surface area contributed by atoms with Gasteiger partial charge in [-0.3, -0.25) is 4.79 Å². The van der Waals surface area contributed by atoms with E-state index in [9.17, 15) is 14.0 Å². The van der Waals surface area contributed by atoms with Crippen LogP contribution in [0.1, 0.15) is 12.7 Å². The Kier molecular flexibility index (Phi) is 6.36. The van der Waals surface area contributed by atoms with Crippen molar-refractivity contribution in [3.8, 4) is 5.75 Å². The summed E-state index contributed by atoms with van der Waals surface area (Å²) in [6.45, 7) is 1.25. The summed E-state index contributed by atoms with van der Waals surface area (Å²) in [5.74, 6) is -0.720. The molecule has 0 aliphatic carbocycles. The summed E-state index contributed by atoms with van der Waals surface area (Å²) >= 11 is 3.12. The summed E-state index contributed by atoms with van der Waals surface area (Å²) in [6, 6.07) is 7.22. The van der Waals surface area contributed by atoms with Crippen molar-refractivity contribution < 1.29 is 27.9 Å². The summed E-state index contributed by atoms with van der Waals surface area (Å²) in [4.78, 5) is 23.5. The minimum Gasteiger partial charge on any atom is -0.481 e. The van der Waals surface area contributed by atoms with Gasteiger partial charge < -0.3 is 19.2 Å². The Hall–Kier alpha value is -2.35. The largest absolute Gasteiger partial charge is 0.481 e. The van der Waals surface area contributed by atoms with E-state index in [1.807, 2.05) is 0 Å². The number of rotatable bonds is 7. The molecule has 0 saturated heterocycles. The number of nitrogens with one attached hydrogen (secondary N) is 1. The predicted molar refractivity (Wildman–Crippen MR) is 85.7 cm³/mol. The molecule has 1 heterocycles. The molecule has 24 heavy (non-hydrogen) atoms. The van der Waals surface area contributed by atoms with Crippen LogP contribution in [-0.2, 0) is 20.9 Å². The molecule has 0 bridgehead atoms. The van der Waals surface area contributed by atoms with Crippen molar-refractivity contribution in [2.24, 2.45) is 0 Å². The highest BCUT2D eigenvalue weighted by molar-refractivity contribution is 9.10. The number of esters is 1. The second kappa shape index (κ2) is 8.49. The number of ether oxygens (including phenoxy) is 2. The van der Waals surface area contributed by atoms with Crippen LogP contribution in [0.15, 0.2) is 45.5 Å². The first kappa shape index (κ1) is 18.0. The molecule has 2 aromatic rings. The molecule has 2 rings (SSSR count). The molecule has 1 atom stereocenters. The van der Waals surface area contributed by atoms with Gasteiger partial charge in [-0.05, 0) is 53.2 Å². The van der Waals surface area contributed by atoms with Crippen molar-refractivity contribution in [1.82, 2.24) is 5.32 Å². The molecular weight excluding hydrogens is 385 g/mol. The van der Waals surface area contributed by atoms with E-state index in [0.717, 1.165) is 0 Å². The standard InChI is InChI=1S/C16H15BrFNO5/c1-10(16(21)19-8-12-3-2-6-22-12)24-15(20)9-23-14-5-4-11(18)7-13(14)17/h2-7,10H,8-9H2,1H3,(H,19,21)/t10-/m1/s1. The lowest BCUT2D eigenvalue weighted by Crippen LogP contribution is -2.36. The molecule has 0 fully saturated rings. The van der Waals surface area contributed by atoms with Gasteiger partial charge in [-0.25, -0.2) is 9.18 Å². The fourth-order valence-electron chi connectivity index (χ4n) is 1.74. The topological polar surface area (TPSA) is 77.8 Å². The van der Waals surface area contributed by atoms with E-state index in [1.54, 1.807) is 12.1 Å². The van der Waals surface area contributed by atoms with E-state index in [0.29, 0.717) is 16.0 Å². The van der Waals surface area contributed by atoms with Crippen LogP contribution in [0.5, 0.6) is 5.75 Å². The van der Waals surface area contributed by atoms with Gasteiger partial charge in [-0.1, -0.05) is 0 Å². The maximum absolute atomic E-state index is 13.0. The average molecular weight is 400 g/mol. The lowest BCUT2D eigenvalue weighted by molar-refractivity contribution is -0.156. The normalized spacial score (nSPS) is 11.6. The van der Waals surface area contributed by atoms with Crippen LogP contribution in [0.4, 0.5) is 4.39 Å². The monoisotopic (exact) mass is 399 g/mol. The Morgan fingerprint density at radius 2 is 2.17 bits per heavy atom. The zero-order valence-electron chi connectivity index (χ0n) is 12.8. The molecule has 0 saturated carbocycles. The maximum Gasteiger partial charge on any atom is 0.344 e. The molecule has 8 heteroatoms. The van der Waals surface area contributed by atoms with Gasteiger partial charge in [0.1, 0.15) is 17.3 Å². The quantitative estimate of drug-likeness (QED) is 0.724. The van der Waals surface area contributed by atoms with E-state index in [2.05, 4.69) is 21.2 Å². The second-order valence-corrected chi connectivity index (χ2v) is 5.65. The summed E-state index contributed by atoms with van der Waals surface area (Å²) in [6.07, 6.45) is 0.517. The van der Waals surface area contributed by atoms with Gasteiger partial charge in [0.25, 0.3) is 5.91 Å². The Bertz CT molecular complexity index is 704. The van der Waals surface area contributed by atoms with Gasteiger partial charge in [0.15, 0.2) is 12.7 Å². The van der Waals surface area contributed by atoms with Crippen LogP contribution in [-0.4, -0.2) is 24.6 Å². The number of halogens is 2. The zero-order chi connectivity index (χ0) is 17.5. The molecule has 1 N–H and O–H groups in total. The molecular formula is C16H15BrFNO5. The third-order valence-corrected chi connectivity index (χ3v) is 3.55. The highest BCUT2D eigenvalue weighted by Crippen LogP contribution is 2.25. The fraction of sp³-hybridized carbons (Fsp3) is 0.250. The molecule has 0 aliphatic heterocycles. The predicted octanol–water partition coefficient (Wildman–Crippen LogP) is 2.81. The second-order valence-electron chi connectivity index (χ2n) is 4.79. The first-order valence-electron chi connectivity index (χ1n) is 7.03. The number of benzene rings is 1. The van der Waals surface area contributed by atoms with Crippen molar-refractivity contribution in [2.45, 2.75) is 19.6 Å². The minimum absolute atomic E-state index is 0.201. The molecule has 1 amide bonds. The molecule has 0 unspecified atom stereocenters. The van der Waals surface area contributed by atoms with Crippen LogP contribution in [0.25, 0.3) is 0 Å². The Balaban J connectivity index is 1.75. The number of hydrogen-bond acceptors (Lipinski definition) is 5. The highest BCUT2D eigenvalue weighted by Gasteiger charge is 2.18. The fourth-order valence-corrected chi connectivity index (χ4v) is 2.21. The first-order chi connectivity index (χ1) is 11.5. The van der Waals surface area contributed by atoms with Gasteiger partial charge in [0.05, 0.1) is 17.3 Å². The molecule has 1 aromatic carbocycles. The van der Waals surface area contributed by atoms with Crippen molar-refractivity contribution in [2.75, 3.05) is 6.61 Å². The number of carbonyl (C=O) groups excluding carboxylic acids is 2. The van der Waals surface area contributed by atoms with Crippen LogP contribution >= 0.6 is 15.9 Å². The van der Waals surface area contributed by atoms with Gasteiger partial charge in [-0.15, -0.1) is 0 Å². The highest BCUT2D eigenvalue weighted by atomic mass is 79.9. The van der Waals surface area contributed by atoms with Crippen molar-refractivity contribution in [3.05, 3.63) is 52.6 Å². The Labute approximate surface area is 146 Å². The van der Waals surface area contributed by atoms with Gasteiger partial charge in [-0.2, -0.15) is 0 Å². The number of hydrogen-bond donors (Lipinski definition) is 1. The van der Waals surface area contributed by atoms with E-state index in [4.69, 9.17) is 13.9 Å². The number of furan rings is 1. The van der Waals surface area contributed by atoms with Crippen LogP contribution in [0, 0.1) is 5.82 Å². The van der Waals surface area contributed by atoms with Crippen molar-refractivity contribution in [3.63, 3.8) is 0 Å². The third kappa shape index (κ3) is 5.38. The van der Waals surface area contributed by atoms with Crippen LogP contribution in [0.3, 0.4) is 0 Å².